The lowest BCUT2D eigenvalue weighted by Gasteiger charge is -2.14. The minimum atomic E-state index is -0.369. The van der Waals surface area contributed by atoms with Crippen molar-refractivity contribution in [1.82, 2.24) is 20.1 Å². The van der Waals surface area contributed by atoms with E-state index in [0.717, 1.165) is 30.8 Å². The summed E-state index contributed by atoms with van der Waals surface area (Å²) in [4.78, 5) is 40.4. The first-order valence-electron chi connectivity index (χ1n) is 16.2. The van der Waals surface area contributed by atoms with Gasteiger partial charge in [-0.3, -0.25) is 14.5 Å². The molecule has 48 heavy (non-hydrogen) atoms. The Hall–Kier alpha value is -5.61. The molecule has 246 valence electrons. The highest BCUT2D eigenvalue weighted by Crippen LogP contribution is 2.30. The van der Waals surface area contributed by atoms with Gasteiger partial charge in [-0.1, -0.05) is 18.2 Å². The van der Waals surface area contributed by atoms with Crippen LogP contribution < -0.4 is 26.0 Å². The van der Waals surface area contributed by atoms with E-state index in [-0.39, 0.29) is 29.5 Å². The zero-order valence-electron chi connectivity index (χ0n) is 27.4. The Morgan fingerprint density at radius 3 is 2.23 bits per heavy atom. The number of likely N-dealkylation sites (tertiary alicyclic amines) is 1. The molecule has 1 aromatic heterocycles. The van der Waals surface area contributed by atoms with Crippen molar-refractivity contribution in [3.63, 3.8) is 0 Å². The first-order chi connectivity index (χ1) is 23.3. The second kappa shape index (κ2) is 14.4. The zero-order valence-corrected chi connectivity index (χ0v) is 27.4. The maximum Gasteiger partial charge on any atom is 0.319 e. The van der Waals surface area contributed by atoms with Crippen molar-refractivity contribution in [3.8, 4) is 17.2 Å². The van der Waals surface area contributed by atoms with Crippen molar-refractivity contribution in [2.45, 2.75) is 39.3 Å². The van der Waals surface area contributed by atoms with E-state index in [4.69, 9.17) is 4.74 Å². The molecule has 0 saturated carbocycles. The largest absolute Gasteiger partial charge is 0.457 e. The van der Waals surface area contributed by atoms with E-state index in [9.17, 15) is 14.4 Å². The normalized spacial score (nSPS) is 13.0. The van der Waals surface area contributed by atoms with Crippen LogP contribution in [-0.4, -0.2) is 53.5 Å². The van der Waals surface area contributed by atoms with Crippen LogP contribution in [0.2, 0.25) is 0 Å². The van der Waals surface area contributed by atoms with Crippen LogP contribution in [0.4, 0.5) is 16.2 Å². The molecule has 10 heteroatoms. The molecule has 4 aromatic carbocycles. The van der Waals surface area contributed by atoms with Crippen molar-refractivity contribution >= 4 is 40.1 Å². The molecule has 0 atom stereocenters. The van der Waals surface area contributed by atoms with Crippen molar-refractivity contribution in [2.24, 2.45) is 0 Å². The number of carbonyl (C=O) groups is 3. The molecule has 0 spiro atoms. The lowest BCUT2D eigenvalue weighted by Crippen LogP contribution is -2.34. The van der Waals surface area contributed by atoms with Crippen molar-refractivity contribution in [1.29, 1.82) is 0 Å². The molecule has 10 nitrogen and oxygen atoms in total. The molecular formula is C38H40N6O4. The predicted molar refractivity (Wildman–Crippen MR) is 189 cm³/mol. The number of ether oxygens (including phenoxy) is 1. The minimum absolute atomic E-state index is 0.0337. The molecule has 1 aliphatic rings. The third-order valence-electron chi connectivity index (χ3n) is 8.26. The molecule has 1 aliphatic heterocycles. The van der Waals surface area contributed by atoms with Crippen LogP contribution in [-0.2, 0) is 6.54 Å². The Kier molecular flexibility index (Phi) is 9.73. The van der Waals surface area contributed by atoms with E-state index < -0.39 is 0 Å². The number of rotatable bonds is 10. The average molecular weight is 645 g/mol. The number of nitrogens with one attached hydrogen (secondary N) is 4. The molecule has 1 saturated heterocycles. The molecule has 6 rings (SSSR count). The van der Waals surface area contributed by atoms with Gasteiger partial charge >= 0.3 is 6.03 Å². The number of benzene rings is 4. The lowest BCUT2D eigenvalue weighted by molar-refractivity contribution is 0.0959. The van der Waals surface area contributed by atoms with E-state index in [2.05, 4.69) is 61.2 Å². The Morgan fingerprint density at radius 2 is 1.52 bits per heavy atom. The van der Waals surface area contributed by atoms with Crippen molar-refractivity contribution in [3.05, 3.63) is 114 Å². The van der Waals surface area contributed by atoms with Crippen LogP contribution in [0, 0.1) is 0 Å². The summed E-state index contributed by atoms with van der Waals surface area (Å²) >= 11 is 0. The van der Waals surface area contributed by atoms with Gasteiger partial charge in [0.2, 0.25) is 0 Å². The molecule has 0 unspecified atom stereocenters. The summed E-state index contributed by atoms with van der Waals surface area (Å²) < 4.78 is 8.22. The van der Waals surface area contributed by atoms with E-state index in [0.29, 0.717) is 28.4 Å². The fourth-order valence-electron chi connectivity index (χ4n) is 5.92. The number of urea groups is 1. The second-order valence-electron chi connectivity index (χ2n) is 12.2. The number of hydrogen-bond donors (Lipinski definition) is 4. The van der Waals surface area contributed by atoms with E-state index in [1.54, 1.807) is 42.5 Å². The number of carbonyl (C=O) groups excluding carboxylic acids is 3. The monoisotopic (exact) mass is 644 g/mol. The summed E-state index contributed by atoms with van der Waals surface area (Å²) in [5.74, 6) is 0.206. The molecular weight excluding hydrogens is 604 g/mol. The van der Waals surface area contributed by atoms with Gasteiger partial charge in [-0.25, -0.2) is 4.79 Å². The summed E-state index contributed by atoms with van der Waals surface area (Å²) in [6, 6.07) is 27.4. The molecule has 1 fully saturated rings. The van der Waals surface area contributed by atoms with E-state index in [1.807, 2.05) is 38.1 Å². The Morgan fingerprint density at radius 1 is 0.812 bits per heavy atom. The molecule has 0 aliphatic carbocycles. The Bertz CT molecular complexity index is 1930. The number of hydrogen-bond acceptors (Lipinski definition) is 5. The maximum atomic E-state index is 13.1. The fraction of sp³-hybridized carbons (Fsp3) is 0.237. The van der Waals surface area contributed by atoms with Crippen LogP contribution in [0.15, 0.2) is 97.2 Å². The number of para-hydroxylation sites is 1. The molecule has 5 aromatic rings. The summed E-state index contributed by atoms with van der Waals surface area (Å²) in [6.45, 7) is 6.94. The van der Waals surface area contributed by atoms with Crippen molar-refractivity contribution < 1.29 is 19.1 Å². The van der Waals surface area contributed by atoms with Crippen LogP contribution >= 0.6 is 0 Å². The highest BCUT2D eigenvalue weighted by molar-refractivity contribution is 6.04. The van der Waals surface area contributed by atoms with Gasteiger partial charge in [0.1, 0.15) is 11.5 Å². The number of amides is 4. The first-order valence-corrected chi connectivity index (χ1v) is 16.2. The van der Waals surface area contributed by atoms with Gasteiger partial charge in [-0.15, -0.1) is 0 Å². The molecule has 4 amide bonds. The van der Waals surface area contributed by atoms with Gasteiger partial charge in [0, 0.05) is 53.8 Å². The fourth-order valence-corrected chi connectivity index (χ4v) is 5.92. The summed E-state index contributed by atoms with van der Waals surface area (Å²) in [5.41, 5.74) is 5.31. The van der Waals surface area contributed by atoms with Crippen LogP contribution in [0.3, 0.4) is 0 Å². The van der Waals surface area contributed by atoms with Gasteiger partial charge in [-0.05, 0) is 118 Å². The molecule has 0 bridgehead atoms. The van der Waals surface area contributed by atoms with Gasteiger partial charge in [0.15, 0.2) is 0 Å². The minimum Gasteiger partial charge on any atom is -0.457 e. The van der Waals surface area contributed by atoms with Crippen LogP contribution in [0.1, 0.15) is 53.0 Å². The summed E-state index contributed by atoms with van der Waals surface area (Å²) in [6.07, 6.45) is 4.74. The average Bonchev–Trinajstić information content (AvgIpc) is 3.74. The number of nitrogens with zero attached hydrogens (tertiary/aromatic N) is 2. The second-order valence-corrected chi connectivity index (χ2v) is 12.2. The van der Waals surface area contributed by atoms with Gasteiger partial charge < -0.3 is 30.6 Å². The highest BCUT2D eigenvalue weighted by atomic mass is 16.5. The van der Waals surface area contributed by atoms with Gasteiger partial charge in [0.05, 0.1) is 11.1 Å². The summed E-state index contributed by atoms with van der Waals surface area (Å²) in [5, 5.41) is 12.3. The number of anilines is 2. The van der Waals surface area contributed by atoms with Crippen LogP contribution in [0.5, 0.6) is 11.5 Å². The summed E-state index contributed by atoms with van der Waals surface area (Å²) in [7, 11) is 1.53. The topological polar surface area (TPSA) is 117 Å². The molecule has 0 radical (unpaired) electrons. The predicted octanol–water partition coefficient (Wildman–Crippen LogP) is 7.16. The number of fused-ring (bicyclic) bond motifs is 1. The van der Waals surface area contributed by atoms with Gasteiger partial charge in [-0.2, -0.15) is 0 Å². The first kappa shape index (κ1) is 32.3. The third-order valence-corrected chi connectivity index (χ3v) is 8.26. The van der Waals surface area contributed by atoms with Crippen molar-refractivity contribution in [2.75, 3.05) is 30.8 Å². The SMILES string of the molecule is CNC(=O)c1cc(NC(=O)NC(C)C)ccc1Oc1ccc(NC(=O)c2ccc(-n3cc(CN4CCCC4)c4ccccc43)cc2)cc1. The smallest absolute Gasteiger partial charge is 0.319 e. The van der Waals surface area contributed by atoms with E-state index >= 15 is 0 Å². The quantitative estimate of drug-likeness (QED) is 0.129. The lowest BCUT2D eigenvalue weighted by atomic mass is 10.1. The standard InChI is InChI=1S/C38H40N6O4/c1-25(2)40-38(47)42-29-14-19-35(33(22-29)37(46)39-3)48-31-17-12-28(13-18-31)41-36(45)26-10-15-30(16-11-26)44-24-27(23-43-20-6-7-21-43)32-8-4-5-9-34(32)44/h4-5,8-19,22,24-25H,6-7,20-21,23H2,1-3H3,(H,39,46)(H,41,45)(H2,40,42,47). The highest BCUT2D eigenvalue weighted by Gasteiger charge is 2.17. The molecule has 4 N–H and O–H groups in total. The third kappa shape index (κ3) is 7.50. The molecule has 2 heterocycles. The van der Waals surface area contributed by atoms with Gasteiger partial charge in [0.25, 0.3) is 11.8 Å². The Balaban J connectivity index is 1.11. The zero-order chi connectivity index (χ0) is 33.6. The van der Waals surface area contributed by atoms with Crippen LogP contribution in [0.25, 0.3) is 16.6 Å². The Labute approximate surface area is 280 Å². The maximum absolute atomic E-state index is 13.1. The van der Waals surface area contributed by atoms with E-state index in [1.165, 1.54) is 30.8 Å². The number of aromatic nitrogens is 1.